The summed E-state index contributed by atoms with van der Waals surface area (Å²) < 4.78 is 1.92. The summed E-state index contributed by atoms with van der Waals surface area (Å²) in [6.45, 7) is -0.00850. The van der Waals surface area contributed by atoms with Crippen molar-refractivity contribution in [3.8, 4) is 33.6 Å². The molecule has 4 heterocycles. The van der Waals surface area contributed by atoms with Crippen LogP contribution >= 0.6 is 0 Å². The van der Waals surface area contributed by atoms with Gasteiger partial charge in [-0.05, 0) is 64.5 Å². The minimum Gasteiger partial charge on any atom is -0.376 e. The van der Waals surface area contributed by atoms with Crippen molar-refractivity contribution >= 4 is 29.1 Å². The van der Waals surface area contributed by atoms with Gasteiger partial charge in [0.05, 0.1) is 23.8 Å². The molecule has 0 atom stereocenters. The number of fused-ring (bicyclic) bond motifs is 11. The molecule has 0 unspecified atom stereocenters. The van der Waals surface area contributed by atoms with Crippen LogP contribution in [0.5, 0.6) is 0 Å². The van der Waals surface area contributed by atoms with E-state index in [1.54, 1.807) is 17.2 Å². The number of para-hydroxylation sites is 2. The van der Waals surface area contributed by atoms with Crippen molar-refractivity contribution in [3.05, 3.63) is 116 Å². The third-order valence-corrected chi connectivity index (χ3v) is 7.24. The topological polar surface area (TPSA) is 51.8 Å². The number of rotatable bonds is 2. The molecule has 6 nitrogen and oxygen atoms in total. The standard InChI is InChI=1S/C29H19BN6/c1-3-8-28-24(6-1)22-12-10-20(34-17-5-14-31-34)18-26(22)30-27-19-21(36-32-15-16-33-36)11-13-23(27)25-7-2-4-9-29(25)35(28)30/h1-19H. The van der Waals surface area contributed by atoms with E-state index >= 15 is 0 Å². The summed E-state index contributed by atoms with van der Waals surface area (Å²) >= 11 is 0. The first-order valence-corrected chi connectivity index (χ1v) is 12.0. The molecule has 0 amide bonds. The number of anilines is 2. The van der Waals surface area contributed by atoms with Gasteiger partial charge in [-0.2, -0.15) is 20.1 Å². The number of nitrogens with zero attached hydrogens (tertiary/aromatic N) is 6. The Labute approximate surface area is 208 Å². The second kappa shape index (κ2) is 7.30. The summed E-state index contributed by atoms with van der Waals surface area (Å²) in [7, 11) is 0. The predicted octanol–water partition coefficient (Wildman–Crippen LogP) is 4.36. The van der Waals surface area contributed by atoms with Gasteiger partial charge in [-0.3, -0.25) is 0 Å². The highest BCUT2D eigenvalue weighted by atomic mass is 15.5. The van der Waals surface area contributed by atoms with Crippen LogP contribution in [0, 0.1) is 0 Å². The van der Waals surface area contributed by atoms with E-state index in [-0.39, 0.29) is 6.85 Å². The largest absolute Gasteiger partial charge is 0.376 e. The second-order valence-electron chi connectivity index (χ2n) is 9.12. The van der Waals surface area contributed by atoms with E-state index in [2.05, 4.69) is 105 Å². The van der Waals surface area contributed by atoms with Crippen LogP contribution in [0.4, 0.5) is 11.4 Å². The normalized spacial score (nSPS) is 12.9. The minimum atomic E-state index is -0.00850. The molecule has 4 aromatic carbocycles. The van der Waals surface area contributed by atoms with Gasteiger partial charge in [0.25, 0.3) is 0 Å². The van der Waals surface area contributed by atoms with E-state index in [0.717, 1.165) is 11.4 Å². The Bertz CT molecular complexity index is 1630. The zero-order valence-corrected chi connectivity index (χ0v) is 19.2. The van der Waals surface area contributed by atoms with Gasteiger partial charge in [0.2, 0.25) is 0 Å². The van der Waals surface area contributed by atoms with Gasteiger partial charge in [0.1, 0.15) is 0 Å². The van der Waals surface area contributed by atoms with Crippen molar-refractivity contribution in [2.45, 2.75) is 0 Å². The molecule has 0 saturated carbocycles. The van der Waals surface area contributed by atoms with Crippen LogP contribution < -0.4 is 15.7 Å². The molecule has 0 saturated heterocycles. The number of aromatic nitrogens is 5. The first-order chi connectivity index (χ1) is 17.9. The van der Waals surface area contributed by atoms with Crippen molar-refractivity contribution < 1.29 is 0 Å². The number of hydrogen-bond donors (Lipinski definition) is 0. The van der Waals surface area contributed by atoms with Crippen LogP contribution in [-0.4, -0.2) is 31.6 Å². The molecule has 168 valence electrons. The van der Waals surface area contributed by atoms with E-state index in [4.69, 9.17) is 0 Å². The lowest BCUT2D eigenvalue weighted by molar-refractivity contribution is 0.752. The Balaban J connectivity index is 1.46. The van der Waals surface area contributed by atoms with Crippen LogP contribution in [0.3, 0.4) is 0 Å². The molecule has 0 bridgehead atoms. The van der Waals surface area contributed by atoms with E-state index in [1.165, 1.54) is 44.6 Å². The fraction of sp³-hybridized carbons (Fsp3) is 0. The maximum absolute atomic E-state index is 4.50. The van der Waals surface area contributed by atoms with Crippen molar-refractivity contribution in [2.75, 3.05) is 4.81 Å². The molecule has 2 aliphatic heterocycles. The van der Waals surface area contributed by atoms with Gasteiger partial charge in [0.15, 0.2) is 0 Å². The Morgan fingerprint density at radius 3 is 1.78 bits per heavy atom. The quantitative estimate of drug-likeness (QED) is 0.359. The number of benzene rings is 4. The first kappa shape index (κ1) is 19.4. The average Bonchev–Trinajstić information content (AvgIpc) is 3.67. The molecule has 0 spiro atoms. The van der Waals surface area contributed by atoms with Crippen molar-refractivity contribution in [1.29, 1.82) is 0 Å². The lowest BCUT2D eigenvalue weighted by Crippen LogP contribution is -2.59. The predicted molar refractivity (Wildman–Crippen MR) is 143 cm³/mol. The van der Waals surface area contributed by atoms with Gasteiger partial charge in [-0.15, -0.1) is 0 Å². The molecule has 0 radical (unpaired) electrons. The lowest BCUT2D eigenvalue weighted by atomic mass is 9.43. The third-order valence-electron chi connectivity index (χ3n) is 7.24. The summed E-state index contributed by atoms with van der Waals surface area (Å²) in [5.74, 6) is 0. The summed E-state index contributed by atoms with van der Waals surface area (Å²) in [4.78, 5) is 4.17. The van der Waals surface area contributed by atoms with Crippen LogP contribution in [-0.2, 0) is 0 Å². The second-order valence-corrected chi connectivity index (χ2v) is 9.12. The van der Waals surface area contributed by atoms with Crippen molar-refractivity contribution in [1.82, 2.24) is 24.8 Å². The summed E-state index contributed by atoms with van der Waals surface area (Å²) in [5, 5.41) is 13.3. The number of hydrogen-bond acceptors (Lipinski definition) is 4. The monoisotopic (exact) mass is 462 g/mol. The molecule has 36 heavy (non-hydrogen) atoms. The molecule has 7 heteroatoms. The molecule has 0 N–H and O–H groups in total. The fourth-order valence-corrected chi connectivity index (χ4v) is 5.76. The van der Waals surface area contributed by atoms with Crippen LogP contribution in [0.2, 0.25) is 0 Å². The molecular formula is C29H19BN6. The smallest absolute Gasteiger partial charge is 0.329 e. The lowest BCUT2D eigenvalue weighted by Gasteiger charge is -2.43. The highest BCUT2D eigenvalue weighted by molar-refractivity contribution is 6.92. The maximum Gasteiger partial charge on any atom is 0.329 e. The molecule has 2 aromatic heterocycles. The minimum absolute atomic E-state index is 0.00850. The maximum atomic E-state index is 4.50. The Kier molecular flexibility index (Phi) is 3.93. The molecular weight excluding hydrogens is 443 g/mol. The molecule has 8 rings (SSSR count). The fourth-order valence-electron chi connectivity index (χ4n) is 5.76. The SMILES string of the molecule is c1ccc2c(c1)-c1ccc(-n3cccn3)cc1B1c3cc(-n4nccn4)ccc3-c3ccccc3N12. The summed E-state index contributed by atoms with van der Waals surface area (Å²) in [6, 6.07) is 32.6. The van der Waals surface area contributed by atoms with Crippen LogP contribution in [0.25, 0.3) is 33.6 Å². The zero-order valence-electron chi connectivity index (χ0n) is 19.2. The van der Waals surface area contributed by atoms with E-state index in [1.807, 2.05) is 23.1 Å². The van der Waals surface area contributed by atoms with E-state index in [0.29, 0.717) is 0 Å². The highest BCUT2D eigenvalue weighted by Crippen LogP contribution is 2.45. The molecule has 0 fully saturated rings. The van der Waals surface area contributed by atoms with Crippen LogP contribution in [0.1, 0.15) is 0 Å². The average molecular weight is 462 g/mol. The Hall–Kier alpha value is -4.91. The zero-order chi connectivity index (χ0) is 23.6. The van der Waals surface area contributed by atoms with Gasteiger partial charge in [-0.25, -0.2) is 4.68 Å². The Morgan fingerprint density at radius 2 is 1.14 bits per heavy atom. The summed E-state index contributed by atoms with van der Waals surface area (Å²) in [5.41, 5.74) is 11.8. The van der Waals surface area contributed by atoms with E-state index in [9.17, 15) is 0 Å². The van der Waals surface area contributed by atoms with Crippen molar-refractivity contribution in [3.63, 3.8) is 0 Å². The first-order valence-electron chi connectivity index (χ1n) is 12.0. The Morgan fingerprint density at radius 1 is 0.528 bits per heavy atom. The van der Waals surface area contributed by atoms with Gasteiger partial charge >= 0.3 is 6.85 Å². The highest BCUT2D eigenvalue weighted by Gasteiger charge is 2.42. The molecule has 2 aliphatic rings. The van der Waals surface area contributed by atoms with Gasteiger partial charge in [-0.1, -0.05) is 48.5 Å². The van der Waals surface area contributed by atoms with E-state index < -0.39 is 0 Å². The molecule has 6 aromatic rings. The third kappa shape index (κ3) is 2.65. The van der Waals surface area contributed by atoms with Crippen molar-refractivity contribution in [2.24, 2.45) is 0 Å². The summed E-state index contributed by atoms with van der Waals surface area (Å²) in [6.07, 6.45) is 7.23. The van der Waals surface area contributed by atoms with Gasteiger partial charge in [0, 0.05) is 34.9 Å². The van der Waals surface area contributed by atoms with Gasteiger partial charge < -0.3 is 4.81 Å². The van der Waals surface area contributed by atoms with Crippen LogP contribution in [0.15, 0.2) is 116 Å². The molecule has 0 aliphatic carbocycles.